The summed E-state index contributed by atoms with van der Waals surface area (Å²) in [7, 11) is 0. The first kappa shape index (κ1) is 18.2. The van der Waals surface area contributed by atoms with Crippen molar-refractivity contribution in [3.63, 3.8) is 0 Å². The number of fused-ring (bicyclic) bond motifs is 1. The third-order valence-corrected chi connectivity index (χ3v) is 5.72. The number of H-pyrrole nitrogens is 1. The molecule has 0 atom stereocenters. The molecule has 0 bridgehead atoms. The summed E-state index contributed by atoms with van der Waals surface area (Å²) in [4.78, 5) is 22.9. The highest BCUT2D eigenvalue weighted by molar-refractivity contribution is 7.19. The number of carbonyl (C=O) groups is 1. The van der Waals surface area contributed by atoms with E-state index >= 15 is 0 Å². The lowest BCUT2D eigenvalue weighted by atomic mass is 9.95. The highest BCUT2D eigenvalue weighted by atomic mass is 32.1. The van der Waals surface area contributed by atoms with Crippen molar-refractivity contribution >= 4 is 39.0 Å². The normalized spacial score (nSPS) is 11.7. The fraction of sp³-hybridized carbons (Fsp3) is 0.200. The van der Waals surface area contributed by atoms with Crippen molar-refractivity contribution in [3.8, 4) is 0 Å². The van der Waals surface area contributed by atoms with E-state index in [2.05, 4.69) is 46.3 Å². The van der Waals surface area contributed by atoms with Gasteiger partial charge in [0.2, 0.25) is 11.6 Å². The van der Waals surface area contributed by atoms with Crippen molar-refractivity contribution in [2.45, 2.75) is 26.2 Å². The van der Waals surface area contributed by atoms with Crippen molar-refractivity contribution in [3.05, 3.63) is 64.7 Å². The third-order valence-electron chi connectivity index (χ3n) is 4.17. The maximum atomic E-state index is 13.2. The molecule has 1 aromatic carbocycles. The first-order valence-electron chi connectivity index (χ1n) is 8.70. The number of hydrogen-bond donors (Lipinski definition) is 2. The Hall–Kier alpha value is -3.13. The average molecular weight is 395 g/mol. The molecule has 0 fully saturated rings. The van der Waals surface area contributed by atoms with Crippen LogP contribution in [0.2, 0.25) is 0 Å². The van der Waals surface area contributed by atoms with Gasteiger partial charge in [-0.1, -0.05) is 20.8 Å². The first-order chi connectivity index (χ1) is 13.3. The zero-order valence-corrected chi connectivity index (χ0v) is 16.4. The van der Waals surface area contributed by atoms with E-state index in [9.17, 15) is 9.18 Å². The Balaban J connectivity index is 1.84. The van der Waals surface area contributed by atoms with Crippen LogP contribution in [0.25, 0.3) is 10.2 Å². The third kappa shape index (κ3) is 3.50. The van der Waals surface area contributed by atoms with Crippen LogP contribution >= 0.6 is 11.3 Å². The second-order valence-corrected chi connectivity index (χ2v) is 8.44. The highest BCUT2D eigenvalue weighted by Crippen LogP contribution is 2.37. The van der Waals surface area contributed by atoms with E-state index in [0.717, 1.165) is 9.58 Å². The fourth-order valence-corrected chi connectivity index (χ4v) is 3.77. The number of rotatable bonds is 4. The van der Waals surface area contributed by atoms with Crippen molar-refractivity contribution in [1.82, 2.24) is 20.2 Å². The molecule has 0 amide bonds. The standard InChI is InChI=1S/C20H18FN5OS/c1-20(2,3)14-10-13-17(28-14)19(24-15-8-9-22-26-15)25-18(23-13)16(27)11-4-6-12(21)7-5-11/h4-10H,1-3H3,(H2,22,23,24,25,26). The molecule has 6 nitrogen and oxygen atoms in total. The molecule has 0 spiro atoms. The van der Waals surface area contributed by atoms with Crippen LogP contribution in [0.1, 0.15) is 41.8 Å². The molecule has 0 aliphatic rings. The maximum absolute atomic E-state index is 13.2. The summed E-state index contributed by atoms with van der Waals surface area (Å²) in [5.41, 5.74) is 0.960. The van der Waals surface area contributed by atoms with Gasteiger partial charge >= 0.3 is 0 Å². The van der Waals surface area contributed by atoms with Crippen molar-refractivity contribution in [2.75, 3.05) is 5.32 Å². The van der Waals surface area contributed by atoms with Gasteiger partial charge in [0.1, 0.15) is 5.82 Å². The summed E-state index contributed by atoms with van der Waals surface area (Å²) in [6.45, 7) is 6.36. The van der Waals surface area contributed by atoms with E-state index in [1.807, 2.05) is 6.07 Å². The minimum Gasteiger partial charge on any atom is -0.322 e. The smallest absolute Gasteiger partial charge is 0.230 e. The lowest BCUT2D eigenvalue weighted by molar-refractivity contribution is 0.103. The number of nitrogens with zero attached hydrogens (tertiary/aromatic N) is 3. The maximum Gasteiger partial charge on any atom is 0.230 e. The van der Waals surface area contributed by atoms with Gasteiger partial charge in [-0.3, -0.25) is 9.89 Å². The van der Waals surface area contributed by atoms with E-state index in [1.54, 1.807) is 23.6 Å². The van der Waals surface area contributed by atoms with Crippen LogP contribution in [0.4, 0.5) is 16.0 Å². The number of aromatic nitrogens is 4. The summed E-state index contributed by atoms with van der Waals surface area (Å²) >= 11 is 1.58. The Kier molecular flexibility index (Phi) is 4.43. The van der Waals surface area contributed by atoms with E-state index in [0.29, 0.717) is 22.7 Å². The van der Waals surface area contributed by atoms with Crippen LogP contribution in [0.3, 0.4) is 0 Å². The quantitative estimate of drug-likeness (QED) is 0.484. The minimum atomic E-state index is -0.401. The van der Waals surface area contributed by atoms with Gasteiger partial charge in [-0.2, -0.15) is 5.10 Å². The molecule has 3 heterocycles. The van der Waals surface area contributed by atoms with Crippen molar-refractivity contribution in [2.24, 2.45) is 0 Å². The molecule has 4 rings (SSSR count). The Bertz CT molecular complexity index is 1140. The van der Waals surface area contributed by atoms with E-state index in [4.69, 9.17) is 0 Å². The zero-order valence-electron chi connectivity index (χ0n) is 15.6. The number of halogens is 1. The van der Waals surface area contributed by atoms with E-state index in [-0.39, 0.29) is 17.0 Å². The van der Waals surface area contributed by atoms with Gasteiger partial charge in [0.15, 0.2) is 11.6 Å². The molecule has 0 radical (unpaired) electrons. The van der Waals surface area contributed by atoms with Crippen molar-refractivity contribution < 1.29 is 9.18 Å². The molecule has 2 N–H and O–H groups in total. The van der Waals surface area contributed by atoms with Gasteiger partial charge in [0.05, 0.1) is 10.2 Å². The van der Waals surface area contributed by atoms with Gasteiger partial charge in [-0.05, 0) is 35.7 Å². The van der Waals surface area contributed by atoms with Crippen LogP contribution in [-0.2, 0) is 5.41 Å². The van der Waals surface area contributed by atoms with Gasteiger partial charge in [0, 0.05) is 22.7 Å². The predicted octanol–water partition coefficient (Wildman–Crippen LogP) is 4.83. The number of aromatic amines is 1. The first-order valence-corrected chi connectivity index (χ1v) is 9.52. The molecular formula is C20H18FN5OS. The van der Waals surface area contributed by atoms with Crippen LogP contribution in [0, 0.1) is 5.82 Å². The Morgan fingerprint density at radius 2 is 1.89 bits per heavy atom. The summed E-state index contributed by atoms with van der Waals surface area (Å²) in [6.07, 6.45) is 1.69. The molecule has 0 unspecified atom stereocenters. The van der Waals surface area contributed by atoms with Crippen LogP contribution in [0.5, 0.6) is 0 Å². The van der Waals surface area contributed by atoms with Gasteiger partial charge in [-0.15, -0.1) is 11.3 Å². The number of ketones is 1. The zero-order chi connectivity index (χ0) is 19.9. The van der Waals surface area contributed by atoms with Crippen molar-refractivity contribution in [1.29, 1.82) is 0 Å². The summed E-state index contributed by atoms with van der Waals surface area (Å²) in [5.74, 6) is 0.390. The molecule has 0 aliphatic carbocycles. The number of hydrogen-bond acceptors (Lipinski definition) is 6. The summed E-state index contributed by atoms with van der Waals surface area (Å²) < 4.78 is 14.0. The van der Waals surface area contributed by atoms with Crippen LogP contribution in [0.15, 0.2) is 42.6 Å². The lowest BCUT2D eigenvalue weighted by Crippen LogP contribution is -2.09. The molecule has 4 aromatic rings. The number of anilines is 2. The summed E-state index contributed by atoms with van der Waals surface area (Å²) in [6, 6.07) is 9.11. The Labute approximate surface area is 164 Å². The Morgan fingerprint density at radius 3 is 2.54 bits per heavy atom. The molecule has 8 heteroatoms. The molecule has 0 saturated heterocycles. The number of carbonyl (C=O) groups excluding carboxylic acids is 1. The van der Waals surface area contributed by atoms with E-state index in [1.165, 1.54) is 24.3 Å². The largest absolute Gasteiger partial charge is 0.322 e. The highest BCUT2D eigenvalue weighted by Gasteiger charge is 2.22. The topological polar surface area (TPSA) is 83.6 Å². The molecule has 0 saturated carbocycles. The van der Waals surface area contributed by atoms with Gasteiger partial charge in [-0.25, -0.2) is 14.4 Å². The molecule has 0 aliphatic heterocycles. The SMILES string of the molecule is CC(C)(C)c1cc2nc(C(=O)c3ccc(F)cc3)nc(Nc3cc[nH]n3)c2s1. The van der Waals surface area contributed by atoms with Gasteiger partial charge < -0.3 is 5.32 Å². The fourth-order valence-electron chi connectivity index (χ4n) is 2.67. The minimum absolute atomic E-state index is 0.0513. The number of thiophene rings is 1. The monoisotopic (exact) mass is 395 g/mol. The molecular weight excluding hydrogens is 377 g/mol. The average Bonchev–Trinajstić information content (AvgIpc) is 3.30. The summed E-state index contributed by atoms with van der Waals surface area (Å²) in [5, 5.41) is 9.99. The molecule has 28 heavy (non-hydrogen) atoms. The lowest BCUT2D eigenvalue weighted by Gasteiger charge is -2.14. The molecule has 3 aromatic heterocycles. The number of nitrogens with one attached hydrogen (secondary N) is 2. The second kappa shape index (κ2) is 6.79. The predicted molar refractivity (Wildman–Crippen MR) is 108 cm³/mol. The Morgan fingerprint density at radius 1 is 1.14 bits per heavy atom. The van der Waals surface area contributed by atoms with Crippen LogP contribution < -0.4 is 5.32 Å². The second-order valence-electron chi connectivity index (χ2n) is 7.39. The van der Waals surface area contributed by atoms with E-state index < -0.39 is 5.82 Å². The van der Waals surface area contributed by atoms with Gasteiger partial charge in [0.25, 0.3) is 0 Å². The molecule has 142 valence electrons. The number of benzene rings is 1. The van der Waals surface area contributed by atoms with Crippen LogP contribution in [-0.4, -0.2) is 25.9 Å².